The third kappa shape index (κ3) is 5.49. The molecule has 1 amide bonds. The molecule has 2 aromatic rings. The standard InChI is InChI=1S/C22H24N4O5S/c1-2-31-22(28)19-18(15-4-6-17(7-5-15)26(29)30)14-32-21(19)24-20(27)16-8-12-25(13-9-16)11-3-10-23/h4-7,14,16H,2-3,8-9,11-13H2,1H3,(H,24,27). The first-order valence-electron chi connectivity index (χ1n) is 10.4. The number of nitro benzene ring substituents is 1. The number of hydrogen-bond donors (Lipinski definition) is 1. The summed E-state index contributed by atoms with van der Waals surface area (Å²) in [6, 6.07) is 8.04. The Bertz CT molecular complexity index is 1020. The van der Waals surface area contributed by atoms with Crippen LogP contribution in [-0.4, -0.2) is 47.9 Å². The van der Waals surface area contributed by atoms with Crippen molar-refractivity contribution in [3.63, 3.8) is 0 Å². The number of nitro groups is 1. The van der Waals surface area contributed by atoms with Crippen molar-refractivity contribution in [1.82, 2.24) is 4.90 Å². The second-order valence-electron chi connectivity index (χ2n) is 7.39. The zero-order valence-electron chi connectivity index (χ0n) is 17.7. The van der Waals surface area contributed by atoms with Crippen LogP contribution in [0.25, 0.3) is 11.1 Å². The van der Waals surface area contributed by atoms with Crippen LogP contribution in [0, 0.1) is 27.4 Å². The molecule has 168 valence electrons. The summed E-state index contributed by atoms with van der Waals surface area (Å²) < 4.78 is 5.20. The summed E-state index contributed by atoms with van der Waals surface area (Å²) in [7, 11) is 0. The molecule has 0 saturated carbocycles. The number of rotatable bonds is 8. The van der Waals surface area contributed by atoms with Gasteiger partial charge in [0.2, 0.25) is 5.91 Å². The fourth-order valence-corrected chi connectivity index (χ4v) is 4.63. The van der Waals surface area contributed by atoms with E-state index >= 15 is 0 Å². The molecule has 1 saturated heterocycles. The zero-order valence-corrected chi connectivity index (χ0v) is 18.5. The van der Waals surface area contributed by atoms with E-state index in [-0.39, 0.29) is 29.7 Å². The van der Waals surface area contributed by atoms with Gasteiger partial charge in [-0.3, -0.25) is 14.9 Å². The van der Waals surface area contributed by atoms with E-state index in [9.17, 15) is 19.7 Å². The molecule has 2 heterocycles. The van der Waals surface area contributed by atoms with E-state index in [1.54, 1.807) is 24.4 Å². The third-order valence-electron chi connectivity index (χ3n) is 5.39. The maximum Gasteiger partial charge on any atom is 0.341 e. The molecular weight excluding hydrogens is 432 g/mol. The molecule has 0 atom stereocenters. The van der Waals surface area contributed by atoms with Crippen molar-refractivity contribution < 1.29 is 19.2 Å². The summed E-state index contributed by atoms with van der Waals surface area (Å²) in [5, 5.41) is 24.7. The second kappa shape index (κ2) is 10.8. The first-order chi connectivity index (χ1) is 15.4. The number of hydrogen-bond acceptors (Lipinski definition) is 8. The van der Waals surface area contributed by atoms with Gasteiger partial charge in [-0.2, -0.15) is 5.26 Å². The van der Waals surface area contributed by atoms with Crippen LogP contribution >= 0.6 is 11.3 Å². The van der Waals surface area contributed by atoms with Crippen LogP contribution in [0.5, 0.6) is 0 Å². The van der Waals surface area contributed by atoms with Gasteiger partial charge < -0.3 is 15.0 Å². The number of amides is 1. The topological polar surface area (TPSA) is 126 Å². The smallest absolute Gasteiger partial charge is 0.341 e. The number of non-ortho nitro benzene ring substituents is 1. The number of likely N-dealkylation sites (tertiary alicyclic amines) is 1. The average molecular weight is 457 g/mol. The predicted octanol–water partition coefficient (Wildman–Crippen LogP) is 4.06. The maximum absolute atomic E-state index is 12.9. The van der Waals surface area contributed by atoms with E-state index in [2.05, 4.69) is 16.3 Å². The van der Waals surface area contributed by atoms with E-state index < -0.39 is 10.9 Å². The molecule has 9 nitrogen and oxygen atoms in total. The fraction of sp³-hybridized carbons (Fsp3) is 0.409. The van der Waals surface area contributed by atoms with E-state index in [0.29, 0.717) is 41.9 Å². The van der Waals surface area contributed by atoms with Gasteiger partial charge in [0.1, 0.15) is 10.6 Å². The van der Waals surface area contributed by atoms with Crippen molar-refractivity contribution in [3.8, 4) is 17.2 Å². The Morgan fingerprint density at radius 1 is 1.31 bits per heavy atom. The first kappa shape index (κ1) is 23.4. The lowest BCUT2D eigenvalue weighted by molar-refractivity contribution is -0.384. The number of nitrogens with zero attached hydrogens (tertiary/aromatic N) is 3. The molecule has 0 aliphatic carbocycles. The maximum atomic E-state index is 12.9. The number of anilines is 1. The summed E-state index contributed by atoms with van der Waals surface area (Å²) in [6.45, 7) is 4.10. The Morgan fingerprint density at radius 2 is 2.00 bits per heavy atom. The zero-order chi connectivity index (χ0) is 23.1. The summed E-state index contributed by atoms with van der Waals surface area (Å²) in [4.78, 5) is 38.2. The molecule has 1 N–H and O–H groups in total. The Labute approximate surface area is 189 Å². The number of nitrogens with one attached hydrogen (secondary N) is 1. The molecule has 1 aromatic carbocycles. The van der Waals surface area contributed by atoms with Crippen molar-refractivity contribution in [2.45, 2.75) is 26.2 Å². The van der Waals surface area contributed by atoms with Gasteiger partial charge in [0.15, 0.2) is 0 Å². The molecule has 1 aromatic heterocycles. The number of carbonyl (C=O) groups is 2. The van der Waals surface area contributed by atoms with Gasteiger partial charge >= 0.3 is 5.97 Å². The fourth-order valence-electron chi connectivity index (χ4n) is 3.67. The molecule has 0 spiro atoms. The van der Waals surface area contributed by atoms with Crippen LogP contribution in [0.15, 0.2) is 29.6 Å². The summed E-state index contributed by atoms with van der Waals surface area (Å²) >= 11 is 1.23. The van der Waals surface area contributed by atoms with E-state index in [1.165, 1.54) is 23.5 Å². The number of esters is 1. The Morgan fingerprint density at radius 3 is 2.59 bits per heavy atom. The van der Waals surface area contributed by atoms with Crippen LogP contribution in [0.1, 0.15) is 36.5 Å². The minimum absolute atomic E-state index is 0.0451. The van der Waals surface area contributed by atoms with E-state index in [1.807, 2.05) is 0 Å². The molecule has 3 rings (SSSR count). The molecule has 1 fully saturated rings. The van der Waals surface area contributed by atoms with E-state index in [4.69, 9.17) is 10.00 Å². The normalized spacial score (nSPS) is 14.5. The number of ether oxygens (including phenoxy) is 1. The van der Waals surface area contributed by atoms with Gasteiger partial charge in [-0.1, -0.05) is 0 Å². The second-order valence-corrected chi connectivity index (χ2v) is 8.27. The van der Waals surface area contributed by atoms with Gasteiger partial charge in [-0.05, 0) is 50.6 Å². The Balaban J connectivity index is 1.78. The molecule has 0 unspecified atom stereocenters. The van der Waals surface area contributed by atoms with Crippen molar-refractivity contribution in [1.29, 1.82) is 5.26 Å². The molecule has 1 aliphatic heterocycles. The minimum Gasteiger partial charge on any atom is -0.462 e. The van der Waals surface area contributed by atoms with Crippen molar-refractivity contribution in [3.05, 3.63) is 45.3 Å². The quantitative estimate of drug-likeness (QED) is 0.360. The number of nitriles is 1. The van der Waals surface area contributed by atoms with Crippen molar-refractivity contribution in [2.24, 2.45) is 5.92 Å². The Kier molecular flexibility index (Phi) is 7.92. The minimum atomic E-state index is -0.552. The summed E-state index contributed by atoms with van der Waals surface area (Å²) in [5.41, 5.74) is 1.40. The van der Waals surface area contributed by atoms with Gasteiger partial charge in [0.05, 0.1) is 17.6 Å². The molecular formula is C22H24N4O5S. The predicted molar refractivity (Wildman–Crippen MR) is 120 cm³/mol. The lowest BCUT2D eigenvalue weighted by Gasteiger charge is -2.30. The van der Waals surface area contributed by atoms with E-state index in [0.717, 1.165) is 13.1 Å². The van der Waals surface area contributed by atoms with Crippen LogP contribution in [-0.2, 0) is 9.53 Å². The number of thiophene rings is 1. The molecule has 32 heavy (non-hydrogen) atoms. The third-order valence-corrected chi connectivity index (χ3v) is 6.29. The number of piperidine rings is 1. The molecule has 10 heteroatoms. The van der Waals surface area contributed by atoms with Crippen LogP contribution < -0.4 is 5.32 Å². The molecule has 1 aliphatic rings. The van der Waals surface area contributed by atoms with Crippen molar-refractivity contribution >= 4 is 33.9 Å². The van der Waals surface area contributed by atoms with Crippen LogP contribution in [0.2, 0.25) is 0 Å². The number of carbonyl (C=O) groups excluding carboxylic acids is 2. The average Bonchev–Trinajstić information content (AvgIpc) is 3.21. The highest BCUT2D eigenvalue weighted by Gasteiger charge is 2.28. The van der Waals surface area contributed by atoms with Crippen molar-refractivity contribution in [2.75, 3.05) is 31.6 Å². The van der Waals surface area contributed by atoms with Gasteiger partial charge in [-0.25, -0.2) is 4.79 Å². The SMILES string of the molecule is CCOC(=O)c1c(-c2ccc([N+](=O)[O-])cc2)csc1NC(=O)C1CCN(CCC#N)CC1. The van der Waals surface area contributed by atoms with Crippen LogP contribution in [0.3, 0.4) is 0 Å². The Hall–Kier alpha value is -3.29. The van der Waals surface area contributed by atoms with Crippen LogP contribution in [0.4, 0.5) is 10.7 Å². The molecule has 0 bridgehead atoms. The highest BCUT2D eigenvalue weighted by Crippen LogP contribution is 2.37. The first-order valence-corrected chi connectivity index (χ1v) is 11.3. The largest absolute Gasteiger partial charge is 0.462 e. The number of benzene rings is 1. The lowest BCUT2D eigenvalue weighted by Crippen LogP contribution is -2.38. The lowest BCUT2D eigenvalue weighted by atomic mass is 9.95. The highest BCUT2D eigenvalue weighted by atomic mass is 32.1. The van der Waals surface area contributed by atoms with Gasteiger partial charge in [-0.15, -0.1) is 11.3 Å². The molecule has 0 radical (unpaired) electrons. The monoisotopic (exact) mass is 456 g/mol. The van der Waals surface area contributed by atoms with Gasteiger partial charge in [0, 0.05) is 42.0 Å². The van der Waals surface area contributed by atoms with Gasteiger partial charge in [0.25, 0.3) is 5.69 Å². The summed E-state index contributed by atoms with van der Waals surface area (Å²) in [5.74, 6) is -0.871. The summed E-state index contributed by atoms with van der Waals surface area (Å²) in [6.07, 6.45) is 1.85. The highest BCUT2D eigenvalue weighted by molar-refractivity contribution is 7.15.